The molecule has 0 bridgehead atoms. The van der Waals surface area contributed by atoms with Crippen molar-refractivity contribution in [2.75, 3.05) is 0 Å². The average Bonchev–Trinajstić information content (AvgIpc) is 2.95. The monoisotopic (exact) mass is 389 g/mol. The zero-order valence-corrected chi connectivity index (χ0v) is 17.5. The lowest BCUT2D eigenvalue weighted by atomic mass is 9.87. The first kappa shape index (κ1) is 20.4. The third kappa shape index (κ3) is 4.40. The molecule has 0 saturated heterocycles. The lowest BCUT2D eigenvalue weighted by Crippen LogP contribution is -2.17. The minimum Gasteiger partial charge on any atom is -0.507 e. The maximum atomic E-state index is 12.2. The molecule has 0 atom stereocenters. The van der Waals surface area contributed by atoms with Gasteiger partial charge in [0.2, 0.25) is 0 Å². The number of aryl methyl sites for hydroxylation is 1. The maximum absolute atomic E-state index is 12.2. The van der Waals surface area contributed by atoms with Gasteiger partial charge < -0.3 is 9.67 Å². The van der Waals surface area contributed by atoms with Crippen molar-refractivity contribution in [3.63, 3.8) is 0 Å². The van der Waals surface area contributed by atoms with E-state index >= 15 is 0 Å². The van der Waals surface area contributed by atoms with E-state index in [1.165, 1.54) is 11.6 Å². The van der Waals surface area contributed by atoms with Gasteiger partial charge in [-0.2, -0.15) is 5.10 Å². The first-order valence-electron chi connectivity index (χ1n) is 9.60. The van der Waals surface area contributed by atoms with E-state index in [4.69, 9.17) is 0 Å². The van der Waals surface area contributed by atoms with Gasteiger partial charge in [0.05, 0.1) is 11.8 Å². The third-order valence-electron chi connectivity index (χ3n) is 4.98. The molecule has 29 heavy (non-hydrogen) atoms. The summed E-state index contributed by atoms with van der Waals surface area (Å²) >= 11 is 0. The van der Waals surface area contributed by atoms with Crippen LogP contribution in [0.1, 0.15) is 53.6 Å². The summed E-state index contributed by atoms with van der Waals surface area (Å²) < 4.78 is 2.17. The molecule has 5 heteroatoms. The Labute approximate surface area is 171 Å². The Balaban J connectivity index is 1.80. The molecule has 2 N–H and O–H groups in total. The van der Waals surface area contributed by atoms with Gasteiger partial charge in [0.15, 0.2) is 0 Å². The Morgan fingerprint density at radius 1 is 1.07 bits per heavy atom. The number of carbonyl (C=O) groups is 1. The van der Waals surface area contributed by atoms with Gasteiger partial charge in [-0.25, -0.2) is 5.43 Å². The first-order valence-corrected chi connectivity index (χ1v) is 9.60. The van der Waals surface area contributed by atoms with Gasteiger partial charge >= 0.3 is 0 Å². The highest BCUT2D eigenvalue weighted by molar-refractivity contribution is 5.97. The van der Waals surface area contributed by atoms with Crippen LogP contribution < -0.4 is 5.43 Å². The smallest absolute Gasteiger partial charge is 0.275 e. The fraction of sp³-hybridized carbons (Fsp3) is 0.250. The molecule has 0 saturated carbocycles. The molecule has 0 aliphatic heterocycles. The molecule has 0 spiro atoms. The SMILES string of the molecule is Cc1cc(C=NNC(=O)c2ccccc2O)c(C)n1-c1ccc(C(C)(C)C)cc1. The van der Waals surface area contributed by atoms with Crippen LogP contribution >= 0.6 is 0 Å². The predicted octanol–water partition coefficient (Wildman–Crippen LogP) is 4.86. The van der Waals surface area contributed by atoms with Gasteiger partial charge in [0.25, 0.3) is 5.91 Å². The molecule has 3 rings (SSSR count). The first-order chi connectivity index (χ1) is 13.7. The van der Waals surface area contributed by atoms with E-state index in [1.54, 1.807) is 24.4 Å². The minimum atomic E-state index is -0.453. The minimum absolute atomic E-state index is 0.0721. The molecule has 2 aromatic carbocycles. The number of hydrogen-bond donors (Lipinski definition) is 2. The van der Waals surface area contributed by atoms with E-state index in [0.717, 1.165) is 22.6 Å². The summed E-state index contributed by atoms with van der Waals surface area (Å²) in [5.41, 5.74) is 8.18. The van der Waals surface area contributed by atoms with Gasteiger partial charge in [-0.3, -0.25) is 4.79 Å². The van der Waals surface area contributed by atoms with Crippen molar-refractivity contribution >= 4 is 12.1 Å². The number of nitrogens with zero attached hydrogens (tertiary/aromatic N) is 2. The van der Waals surface area contributed by atoms with Crippen molar-refractivity contribution in [1.29, 1.82) is 0 Å². The third-order valence-corrected chi connectivity index (χ3v) is 4.98. The van der Waals surface area contributed by atoms with E-state index in [0.29, 0.717) is 0 Å². The van der Waals surface area contributed by atoms with Crippen LogP contribution in [-0.2, 0) is 5.41 Å². The summed E-state index contributed by atoms with van der Waals surface area (Å²) in [5, 5.41) is 13.8. The van der Waals surface area contributed by atoms with Crippen molar-refractivity contribution in [2.24, 2.45) is 5.10 Å². The molecule has 1 amide bonds. The number of benzene rings is 2. The highest BCUT2D eigenvalue weighted by atomic mass is 16.3. The van der Waals surface area contributed by atoms with Crippen molar-refractivity contribution in [3.05, 3.63) is 82.7 Å². The number of hydrogen-bond acceptors (Lipinski definition) is 3. The molecule has 0 radical (unpaired) electrons. The van der Waals surface area contributed by atoms with Crippen molar-refractivity contribution in [3.8, 4) is 11.4 Å². The number of aromatic hydroxyl groups is 1. The largest absolute Gasteiger partial charge is 0.507 e. The number of phenolic OH excluding ortho intramolecular Hbond substituents is 1. The summed E-state index contributed by atoms with van der Waals surface area (Å²) in [5.74, 6) is -0.525. The number of rotatable bonds is 4. The maximum Gasteiger partial charge on any atom is 0.275 e. The van der Waals surface area contributed by atoms with Crippen LogP contribution in [0.5, 0.6) is 5.75 Å². The van der Waals surface area contributed by atoms with E-state index < -0.39 is 5.91 Å². The zero-order chi connectivity index (χ0) is 21.2. The van der Waals surface area contributed by atoms with E-state index in [9.17, 15) is 9.90 Å². The van der Waals surface area contributed by atoms with Crippen LogP contribution in [0.4, 0.5) is 0 Å². The number of amides is 1. The number of phenols is 1. The average molecular weight is 389 g/mol. The number of nitrogens with one attached hydrogen (secondary N) is 1. The zero-order valence-electron chi connectivity index (χ0n) is 17.5. The summed E-state index contributed by atoms with van der Waals surface area (Å²) in [4.78, 5) is 12.2. The number of carbonyl (C=O) groups excluding carboxylic acids is 1. The van der Waals surface area contributed by atoms with Crippen LogP contribution in [0.2, 0.25) is 0 Å². The quantitative estimate of drug-likeness (QED) is 0.494. The van der Waals surface area contributed by atoms with Crippen LogP contribution in [0.3, 0.4) is 0 Å². The summed E-state index contributed by atoms with van der Waals surface area (Å²) in [6.07, 6.45) is 1.63. The second-order valence-corrected chi connectivity index (χ2v) is 8.18. The Hall–Kier alpha value is -3.34. The van der Waals surface area contributed by atoms with Crippen molar-refractivity contribution in [1.82, 2.24) is 9.99 Å². The molecular weight excluding hydrogens is 362 g/mol. The second-order valence-electron chi connectivity index (χ2n) is 8.18. The summed E-state index contributed by atoms with van der Waals surface area (Å²) in [6, 6.07) is 17.0. The Kier molecular flexibility index (Phi) is 5.59. The lowest BCUT2D eigenvalue weighted by molar-refractivity contribution is 0.0952. The molecule has 5 nitrogen and oxygen atoms in total. The molecule has 0 unspecified atom stereocenters. The molecule has 3 aromatic rings. The Bertz CT molecular complexity index is 1050. The highest BCUT2D eigenvalue weighted by Crippen LogP contribution is 2.25. The van der Waals surface area contributed by atoms with Crippen LogP contribution in [0, 0.1) is 13.8 Å². The number of hydrazone groups is 1. The summed E-state index contributed by atoms with van der Waals surface area (Å²) in [7, 11) is 0. The molecule has 1 aromatic heterocycles. The normalized spacial score (nSPS) is 11.8. The standard InChI is InChI=1S/C24H27N3O2/c1-16-14-18(15-25-26-23(29)21-8-6-7-9-22(21)28)17(2)27(16)20-12-10-19(11-13-20)24(3,4)5/h6-15,28H,1-5H3,(H,26,29). The molecule has 0 aliphatic rings. The van der Waals surface area contributed by atoms with Gasteiger partial charge in [-0.05, 0) is 55.2 Å². The van der Waals surface area contributed by atoms with Crippen molar-refractivity contribution < 1.29 is 9.90 Å². The molecular formula is C24H27N3O2. The molecule has 150 valence electrons. The van der Waals surface area contributed by atoms with E-state index in [-0.39, 0.29) is 16.7 Å². The van der Waals surface area contributed by atoms with E-state index in [1.807, 2.05) is 19.9 Å². The van der Waals surface area contributed by atoms with Crippen LogP contribution in [0.15, 0.2) is 59.7 Å². The van der Waals surface area contributed by atoms with Crippen molar-refractivity contribution in [2.45, 2.75) is 40.0 Å². The van der Waals surface area contributed by atoms with Gasteiger partial charge in [0, 0.05) is 22.6 Å². The van der Waals surface area contributed by atoms with Crippen LogP contribution in [-0.4, -0.2) is 21.8 Å². The second kappa shape index (κ2) is 7.95. The van der Waals surface area contributed by atoms with Crippen LogP contribution in [0.25, 0.3) is 5.69 Å². The lowest BCUT2D eigenvalue weighted by Gasteiger charge is -2.20. The van der Waals surface area contributed by atoms with E-state index in [2.05, 4.69) is 60.1 Å². The fourth-order valence-corrected chi connectivity index (χ4v) is 3.31. The number of aromatic nitrogens is 1. The highest BCUT2D eigenvalue weighted by Gasteiger charge is 2.15. The van der Waals surface area contributed by atoms with Gasteiger partial charge in [0.1, 0.15) is 5.75 Å². The Morgan fingerprint density at radius 2 is 1.72 bits per heavy atom. The topological polar surface area (TPSA) is 66.6 Å². The number of para-hydroxylation sites is 1. The molecule has 0 fully saturated rings. The van der Waals surface area contributed by atoms with Gasteiger partial charge in [-0.15, -0.1) is 0 Å². The Morgan fingerprint density at radius 3 is 2.34 bits per heavy atom. The van der Waals surface area contributed by atoms with Gasteiger partial charge in [-0.1, -0.05) is 45.0 Å². The summed E-state index contributed by atoms with van der Waals surface area (Å²) in [6.45, 7) is 10.7. The fourth-order valence-electron chi connectivity index (χ4n) is 3.31. The molecule has 0 aliphatic carbocycles. The predicted molar refractivity (Wildman–Crippen MR) is 117 cm³/mol. The molecule has 1 heterocycles.